The standard InChI is InChI=1S/C16H13BrCl2N2O2S/c1-8-5-9(17)6-11(14(8)23-2)15(22)21-16(24)20-13-7-10(18)3-4-12(13)19/h3-7H,1-2H3,(H2,20,21,22,24). The van der Waals surface area contributed by atoms with Gasteiger partial charge in [-0.15, -0.1) is 0 Å². The van der Waals surface area contributed by atoms with Crippen LogP contribution in [-0.2, 0) is 0 Å². The van der Waals surface area contributed by atoms with E-state index in [4.69, 9.17) is 40.2 Å². The van der Waals surface area contributed by atoms with Gasteiger partial charge < -0.3 is 10.1 Å². The van der Waals surface area contributed by atoms with Crippen LogP contribution in [0.5, 0.6) is 5.75 Å². The third-order valence-corrected chi connectivity index (χ3v) is 4.32. The Hall–Kier alpha value is -1.34. The number of carbonyl (C=O) groups is 1. The molecule has 0 aliphatic heterocycles. The minimum absolute atomic E-state index is 0.101. The quantitative estimate of drug-likeness (QED) is 0.635. The van der Waals surface area contributed by atoms with Gasteiger partial charge >= 0.3 is 0 Å². The molecule has 0 unspecified atom stereocenters. The Balaban J connectivity index is 2.18. The predicted molar refractivity (Wildman–Crippen MR) is 106 cm³/mol. The van der Waals surface area contributed by atoms with Crippen molar-refractivity contribution < 1.29 is 9.53 Å². The lowest BCUT2D eigenvalue weighted by atomic mass is 10.1. The van der Waals surface area contributed by atoms with Crippen molar-refractivity contribution in [2.24, 2.45) is 0 Å². The van der Waals surface area contributed by atoms with Gasteiger partial charge in [-0.05, 0) is 55.0 Å². The van der Waals surface area contributed by atoms with Gasteiger partial charge in [0.2, 0.25) is 0 Å². The lowest BCUT2D eigenvalue weighted by Gasteiger charge is -2.14. The maximum Gasteiger partial charge on any atom is 0.261 e. The third kappa shape index (κ3) is 4.60. The highest BCUT2D eigenvalue weighted by molar-refractivity contribution is 9.10. The second kappa shape index (κ2) is 8.16. The largest absolute Gasteiger partial charge is 0.496 e. The van der Waals surface area contributed by atoms with E-state index >= 15 is 0 Å². The number of aryl methyl sites for hydroxylation is 1. The van der Waals surface area contributed by atoms with Gasteiger partial charge in [0.1, 0.15) is 5.75 Å². The van der Waals surface area contributed by atoms with Gasteiger partial charge in [0.15, 0.2) is 5.11 Å². The molecule has 0 spiro atoms. The summed E-state index contributed by atoms with van der Waals surface area (Å²) in [5.41, 5.74) is 1.70. The molecule has 4 nitrogen and oxygen atoms in total. The van der Waals surface area contributed by atoms with Crippen LogP contribution in [-0.4, -0.2) is 18.1 Å². The Morgan fingerprint density at radius 2 is 1.96 bits per heavy atom. The summed E-state index contributed by atoms with van der Waals surface area (Å²) in [5.74, 6) is 0.0891. The Kier molecular flexibility index (Phi) is 6.46. The number of hydrogen-bond donors (Lipinski definition) is 2. The summed E-state index contributed by atoms with van der Waals surface area (Å²) in [6, 6.07) is 8.43. The first kappa shape index (κ1) is 19.0. The fourth-order valence-corrected chi connectivity index (χ4v) is 3.20. The molecule has 0 radical (unpaired) electrons. The first-order valence-electron chi connectivity index (χ1n) is 6.73. The highest BCUT2D eigenvalue weighted by atomic mass is 79.9. The van der Waals surface area contributed by atoms with Crippen molar-refractivity contribution in [2.45, 2.75) is 6.92 Å². The third-order valence-electron chi connectivity index (χ3n) is 3.09. The molecule has 0 fully saturated rings. The van der Waals surface area contributed by atoms with Gasteiger partial charge in [-0.3, -0.25) is 10.1 Å². The molecule has 0 saturated heterocycles. The zero-order chi connectivity index (χ0) is 17.9. The van der Waals surface area contributed by atoms with Gasteiger partial charge in [0.25, 0.3) is 5.91 Å². The summed E-state index contributed by atoms with van der Waals surface area (Å²) in [4.78, 5) is 12.5. The molecule has 2 aromatic rings. The molecule has 2 N–H and O–H groups in total. The van der Waals surface area contributed by atoms with Gasteiger partial charge in [-0.25, -0.2) is 0 Å². The zero-order valence-electron chi connectivity index (χ0n) is 12.7. The highest BCUT2D eigenvalue weighted by Gasteiger charge is 2.17. The molecule has 0 aromatic heterocycles. The van der Waals surface area contributed by atoms with Gasteiger partial charge in [-0.1, -0.05) is 39.1 Å². The number of thiocarbonyl (C=S) groups is 1. The molecule has 24 heavy (non-hydrogen) atoms. The van der Waals surface area contributed by atoms with Crippen LogP contribution >= 0.6 is 51.3 Å². The van der Waals surface area contributed by atoms with E-state index in [2.05, 4.69) is 26.6 Å². The SMILES string of the molecule is COc1c(C)cc(Br)cc1C(=O)NC(=S)Nc1cc(Cl)ccc1Cl. The summed E-state index contributed by atoms with van der Waals surface area (Å²) in [5, 5.41) is 6.49. The Morgan fingerprint density at radius 3 is 2.62 bits per heavy atom. The number of ether oxygens (including phenoxy) is 1. The Morgan fingerprint density at radius 1 is 1.25 bits per heavy atom. The molecular formula is C16H13BrCl2N2O2S. The van der Waals surface area contributed by atoms with Gasteiger partial charge in [0, 0.05) is 9.50 Å². The number of halogens is 3. The number of carbonyl (C=O) groups excluding carboxylic acids is 1. The summed E-state index contributed by atoms with van der Waals surface area (Å²) < 4.78 is 6.07. The maximum atomic E-state index is 12.5. The molecule has 1 amide bonds. The minimum atomic E-state index is -0.396. The lowest BCUT2D eigenvalue weighted by Crippen LogP contribution is -2.34. The molecule has 2 aromatic carbocycles. The van der Waals surface area contributed by atoms with E-state index in [-0.39, 0.29) is 5.11 Å². The molecule has 126 valence electrons. The number of rotatable bonds is 3. The van der Waals surface area contributed by atoms with E-state index in [1.165, 1.54) is 7.11 Å². The number of methoxy groups -OCH3 is 1. The van der Waals surface area contributed by atoms with E-state index in [1.807, 2.05) is 13.0 Å². The van der Waals surface area contributed by atoms with Gasteiger partial charge in [-0.2, -0.15) is 0 Å². The first-order chi connectivity index (χ1) is 11.3. The molecule has 0 aliphatic rings. The summed E-state index contributed by atoms with van der Waals surface area (Å²) in [6.45, 7) is 1.85. The van der Waals surface area contributed by atoms with Crippen LogP contribution in [0.25, 0.3) is 0 Å². The molecule has 8 heteroatoms. The van der Waals surface area contributed by atoms with Crippen molar-refractivity contribution in [1.29, 1.82) is 0 Å². The average Bonchev–Trinajstić information content (AvgIpc) is 2.50. The highest BCUT2D eigenvalue weighted by Crippen LogP contribution is 2.28. The van der Waals surface area contributed by atoms with E-state index in [0.29, 0.717) is 27.0 Å². The minimum Gasteiger partial charge on any atom is -0.496 e. The van der Waals surface area contributed by atoms with Crippen molar-refractivity contribution in [3.63, 3.8) is 0 Å². The summed E-state index contributed by atoms with van der Waals surface area (Å²) >= 11 is 20.5. The second-order valence-corrected chi connectivity index (χ2v) is 7.00. The Bertz CT molecular complexity index is 815. The van der Waals surface area contributed by atoms with Crippen LogP contribution in [0.4, 0.5) is 5.69 Å². The molecule has 0 aliphatic carbocycles. The van der Waals surface area contributed by atoms with Crippen LogP contribution in [0.2, 0.25) is 10.0 Å². The summed E-state index contributed by atoms with van der Waals surface area (Å²) in [6.07, 6.45) is 0. The van der Waals surface area contributed by atoms with E-state index < -0.39 is 5.91 Å². The van der Waals surface area contributed by atoms with E-state index in [9.17, 15) is 4.79 Å². The topological polar surface area (TPSA) is 50.4 Å². The van der Waals surface area contributed by atoms with Crippen LogP contribution < -0.4 is 15.4 Å². The molecule has 0 saturated carbocycles. The molecule has 0 heterocycles. The number of amides is 1. The average molecular weight is 448 g/mol. The smallest absolute Gasteiger partial charge is 0.261 e. The number of anilines is 1. The van der Waals surface area contributed by atoms with Crippen molar-refractivity contribution in [2.75, 3.05) is 12.4 Å². The molecular weight excluding hydrogens is 435 g/mol. The van der Waals surface area contributed by atoms with Crippen LogP contribution in [0.15, 0.2) is 34.8 Å². The predicted octanol–water partition coefficient (Wildman–Crippen LogP) is 5.20. The summed E-state index contributed by atoms with van der Waals surface area (Å²) in [7, 11) is 1.51. The van der Waals surface area contributed by atoms with Crippen molar-refractivity contribution in [3.8, 4) is 5.75 Å². The lowest BCUT2D eigenvalue weighted by molar-refractivity contribution is 0.0974. The second-order valence-electron chi connectivity index (χ2n) is 4.84. The fraction of sp³-hybridized carbons (Fsp3) is 0.125. The van der Waals surface area contributed by atoms with Crippen molar-refractivity contribution in [3.05, 3.63) is 56.0 Å². The molecule has 0 atom stereocenters. The van der Waals surface area contributed by atoms with Crippen LogP contribution in [0, 0.1) is 6.92 Å². The number of benzene rings is 2. The zero-order valence-corrected chi connectivity index (χ0v) is 16.7. The number of hydrogen-bond acceptors (Lipinski definition) is 3. The molecule has 0 bridgehead atoms. The normalized spacial score (nSPS) is 10.2. The van der Waals surface area contributed by atoms with Crippen LogP contribution in [0.3, 0.4) is 0 Å². The van der Waals surface area contributed by atoms with E-state index in [1.54, 1.807) is 24.3 Å². The first-order valence-corrected chi connectivity index (χ1v) is 8.69. The fourth-order valence-electron chi connectivity index (χ4n) is 2.09. The van der Waals surface area contributed by atoms with Gasteiger partial charge in [0.05, 0.1) is 23.4 Å². The number of nitrogens with one attached hydrogen (secondary N) is 2. The maximum absolute atomic E-state index is 12.5. The van der Waals surface area contributed by atoms with E-state index in [0.717, 1.165) is 10.0 Å². The Labute approximate surface area is 163 Å². The monoisotopic (exact) mass is 446 g/mol. The van der Waals surface area contributed by atoms with Crippen molar-refractivity contribution in [1.82, 2.24) is 5.32 Å². The van der Waals surface area contributed by atoms with Crippen molar-refractivity contribution >= 4 is 68.1 Å². The molecule has 2 rings (SSSR count). The van der Waals surface area contributed by atoms with Crippen LogP contribution in [0.1, 0.15) is 15.9 Å².